The highest BCUT2D eigenvalue weighted by Crippen LogP contribution is 2.35. The fourth-order valence-electron chi connectivity index (χ4n) is 2.99. The molecule has 0 amide bonds. The van der Waals surface area contributed by atoms with Gasteiger partial charge in [-0.1, -0.05) is 23.8 Å². The molecule has 2 rings (SSSR count). The van der Waals surface area contributed by atoms with E-state index < -0.39 is 11.6 Å². The van der Waals surface area contributed by atoms with Crippen molar-refractivity contribution >= 4 is 12.0 Å². The Balaban J connectivity index is 2.41. The molecule has 0 radical (unpaired) electrons. The predicted octanol–water partition coefficient (Wildman–Crippen LogP) is 6.15. The Kier molecular flexibility index (Phi) is 8.94. The topological polar surface area (TPSA) is 54.0 Å². The molecule has 0 saturated carbocycles. The number of benzene rings is 2. The standard InChI is InChI=1S/C27H34O5/c1-19(2)8-15-23-24(30-7)16-11-21(12-17-25(28)32-27(3,4)5)26(23)31-18-20-9-13-22(29-6)14-10-20/h8-14,16-17H,15,18H2,1-7H3/b17-12-. The smallest absolute Gasteiger partial charge is 0.331 e. The molecule has 0 unspecified atom stereocenters. The quantitative estimate of drug-likeness (QED) is 0.267. The maximum atomic E-state index is 12.2. The Morgan fingerprint density at radius 1 is 0.969 bits per heavy atom. The zero-order valence-electron chi connectivity index (χ0n) is 20.2. The second kappa shape index (κ2) is 11.4. The van der Waals surface area contributed by atoms with Crippen LogP contribution in [0, 0.1) is 0 Å². The van der Waals surface area contributed by atoms with E-state index in [0.29, 0.717) is 18.8 Å². The van der Waals surface area contributed by atoms with Crippen LogP contribution in [0.3, 0.4) is 0 Å². The molecule has 2 aromatic rings. The van der Waals surface area contributed by atoms with E-state index in [1.165, 1.54) is 11.6 Å². The minimum absolute atomic E-state index is 0.367. The molecule has 5 nitrogen and oxygen atoms in total. The molecular weight excluding hydrogens is 404 g/mol. The van der Waals surface area contributed by atoms with Gasteiger partial charge in [-0.05, 0) is 76.9 Å². The zero-order valence-corrected chi connectivity index (χ0v) is 20.2. The van der Waals surface area contributed by atoms with E-state index in [1.54, 1.807) is 20.3 Å². The molecule has 0 fully saturated rings. The van der Waals surface area contributed by atoms with Crippen LogP contribution in [0.15, 0.2) is 54.1 Å². The van der Waals surface area contributed by atoms with Crippen molar-refractivity contribution in [3.8, 4) is 17.2 Å². The molecule has 0 aromatic heterocycles. The van der Waals surface area contributed by atoms with Crippen LogP contribution in [0.25, 0.3) is 6.08 Å². The lowest BCUT2D eigenvalue weighted by molar-refractivity contribution is -0.148. The fraction of sp³-hybridized carbons (Fsp3) is 0.370. The summed E-state index contributed by atoms with van der Waals surface area (Å²) in [6, 6.07) is 11.5. The molecule has 32 heavy (non-hydrogen) atoms. The summed E-state index contributed by atoms with van der Waals surface area (Å²) in [6.07, 6.45) is 5.93. The summed E-state index contributed by atoms with van der Waals surface area (Å²) >= 11 is 0. The molecule has 0 aliphatic heterocycles. The molecule has 172 valence electrons. The number of carbonyl (C=O) groups is 1. The summed E-state index contributed by atoms with van der Waals surface area (Å²) in [6.45, 7) is 9.99. The molecule has 0 N–H and O–H groups in total. The van der Waals surface area contributed by atoms with Gasteiger partial charge in [0.25, 0.3) is 0 Å². The molecule has 0 bridgehead atoms. The number of hydrogen-bond donors (Lipinski definition) is 0. The van der Waals surface area contributed by atoms with Gasteiger partial charge in [-0.15, -0.1) is 0 Å². The molecule has 0 atom stereocenters. The first kappa shape index (κ1) is 25.1. The lowest BCUT2D eigenvalue weighted by Crippen LogP contribution is -2.22. The van der Waals surface area contributed by atoms with Gasteiger partial charge in [-0.2, -0.15) is 0 Å². The summed E-state index contributed by atoms with van der Waals surface area (Å²) < 4.78 is 22.5. The van der Waals surface area contributed by atoms with Crippen LogP contribution < -0.4 is 14.2 Å². The number of rotatable bonds is 9. The van der Waals surface area contributed by atoms with Crippen LogP contribution in [0.1, 0.15) is 51.3 Å². The summed E-state index contributed by atoms with van der Waals surface area (Å²) in [5, 5.41) is 0. The van der Waals surface area contributed by atoms with Gasteiger partial charge in [-0.25, -0.2) is 4.79 Å². The van der Waals surface area contributed by atoms with Crippen molar-refractivity contribution in [2.75, 3.05) is 14.2 Å². The average Bonchev–Trinajstić information content (AvgIpc) is 2.73. The Morgan fingerprint density at radius 2 is 1.66 bits per heavy atom. The van der Waals surface area contributed by atoms with Gasteiger partial charge in [0.15, 0.2) is 0 Å². The minimum Gasteiger partial charge on any atom is -0.497 e. The average molecular weight is 439 g/mol. The summed E-state index contributed by atoms with van der Waals surface area (Å²) in [5.74, 6) is 1.81. The minimum atomic E-state index is -0.552. The molecule has 2 aromatic carbocycles. The number of methoxy groups -OCH3 is 2. The van der Waals surface area contributed by atoms with E-state index >= 15 is 0 Å². The SMILES string of the molecule is COc1ccc(COc2c(/C=C\C(=O)OC(C)(C)C)ccc(OC)c2CC=C(C)C)cc1. The highest BCUT2D eigenvalue weighted by atomic mass is 16.6. The number of allylic oxidation sites excluding steroid dienone is 2. The summed E-state index contributed by atoms with van der Waals surface area (Å²) in [7, 11) is 3.28. The first-order valence-corrected chi connectivity index (χ1v) is 10.6. The Morgan fingerprint density at radius 3 is 2.22 bits per heavy atom. The number of ether oxygens (including phenoxy) is 4. The third-order valence-corrected chi connectivity index (χ3v) is 4.53. The van der Waals surface area contributed by atoms with E-state index in [0.717, 1.165) is 28.2 Å². The van der Waals surface area contributed by atoms with E-state index in [4.69, 9.17) is 18.9 Å². The van der Waals surface area contributed by atoms with Crippen LogP contribution in [0.2, 0.25) is 0 Å². The van der Waals surface area contributed by atoms with Crippen molar-refractivity contribution < 1.29 is 23.7 Å². The van der Waals surface area contributed by atoms with Gasteiger partial charge < -0.3 is 18.9 Å². The third-order valence-electron chi connectivity index (χ3n) is 4.53. The first-order valence-electron chi connectivity index (χ1n) is 10.6. The normalized spacial score (nSPS) is 11.2. The first-order chi connectivity index (χ1) is 15.1. The highest BCUT2D eigenvalue weighted by Gasteiger charge is 2.16. The largest absolute Gasteiger partial charge is 0.497 e. The number of esters is 1. The van der Waals surface area contributed by atoms with Gasteiger partial charge in [0.2, 0.25) is 0 Å². The molecule has 0 aliphatic rings. The van der Waals surface area contributed by atoms with Gasteiger partial charge >= 0.3 is 5.97 Å². The summed E-state index contributed by atoms with van der Waals surface area (Å²) in [4.78, 5) is 12.2. The van der Waals surface area contributed by atoms with Crippen LogP contribution in [-0.2, 0) is 22.6 Å². The van der Waals surface area contributed by atoms with Crippen LogP contribution in [0.4, 0.5) is 0 Å². The second-order valence-electron chi connectivity index (χ2n) is 8.65. The van der Waals surface area contributed by atoms with E-state index in [-0.39, 0.29) is 0 Å². The lowest BCUT2D eigenvalue weighted by Gasteiger charge is -2.19. The number of carbonyl (C=O) groups excluding carboxylic acids is 1. The van der Waals surface area contributed by atoms with Gasteiger partial charge in [0.05, 0.1) is 14.2 Å². The molecule has 0 aliphatic carbocycles. The molecule has 0 saturated heterocycles. The van der Waals surface area contributed by atoms with Crippen molar-refractivity contribution in [1.29, 1.82) is 0 Å². The molecule has 5 heteroatoms. The molecule has 0 heterocycles. The Bertz CT molecular complexity index is 959. The van der Waals surface area contributed by atoms with E-state index in [9.17, 15) is 4.79 Å². The maximum absolute atomic E-state index is 12.2. The van der Waals surface area contributed by atoms with E-state index in [2.05, 4.69) is 19.9 Å². The van der Waals surface area contributed by atoms with Crippen molar-refractivity contribution in [3.05, 3.63) is 70.8 Å². The monoisotopic (exact) mass is 438 g/mol. The van der Waals surface area contributed by atoms with Crippen LogP contribution >= 0.6 is 0 Å². The van der Waals surface area contributed by atoms with Crippen LogP contribution in [-0.4, -0.2) is 25.8 Å². The van der Waals surface area contributed by atoms with E-state index in [1.807, 2.05) is 57.2 Å². The summed E-state index contributed by atoms with van der Waals surface area (Å²) in [5.41, 5.74) is 3.35. The molecule has 0 spiro atoms. The lowest BCUT2D eigenvalue weighted by atomic mass is 10.0. The Labute approximate surface area is 191 Å². The predicted molar refractivity (Wildman–Crippen MR) is 128 cm³/mol. The van der Waals surface area contributed by atoms with Crippen molar-refractivity contribution in [2.45, 2.75) is 53.2 Å². The number of hydrogen-bond acceptors (Lipinski definition) is 5. The second-order valence-corrected chi connectivity index (χ2v) is 8.65. The van der Waals surface area contributed by atoms with Gasteiger partial charge in [-0.3, -0.25) is 0 Å². The molecular formula is C27H34O5. The Hall–Kier alpha value is -3.21. The zero-order chi connectivity index (χ0) is 23.7. The van der Waals surface area contributed by atoms with Gasteiger partial charge in [0.1, 0.15) is 29.5 Å². The van der Waals surface area contributed by atoms with Crippen molar-refractivity contribution in [2.24, 2.45) is 0 Å². The van der Waals surface area contributed by atoms with Crippen LogP contribution in [0.5, 0.6) is 17.2 Å². The van der Waals surface area contributed by atoms with Crippen molar-refractivity contribution in [3.63, 3.8) is 0 Å². The van der Waals surface area contributed by atoms with Gasteiger partial charge in [0, 0.05) is 17.2 Å². The third kappa shape index (κ3) is 7.80. The highest BCUT2D eigenvalue weighted by molar-refractivity contribution is 5.88. The maximum Gasteiger partial charge on any atom is 0.331 e. The fourth-order valence-corrected chi connectivity index (χ4v) is 2.99. The van der Waals surface area contributed by atoms with Crippen molar-refractivity contribution in [1.82, 2.24) is 0 Å².